The lowest BCUT2D eigenvalue weighted by Gasteiger charge is -2.24. The van der Waals surface area contributed by atoms with E-state index in [9.17, 15) is 0 Å². The first kappa shape index (κ1) is 16.0. The van der Waals surface area contributed by atoms with Crippen LogP contribution in [-0.4, -0.2) is 25.7 Å². The molecule has 0 spiro atoms. The van der Waals surface area contributed by atoms with E-state index in [0.29, 0.717) is 6.04 Å². The molecule has 1 atom stereocenters. The summed E-state index contributed by atoms with van der Waals surface area (Å²) in [4.78, 5) is 2.42. The maximum absolute atomic E-state index is 3.63. The Morgan fingerprint density at radius 1 is 1.05 bits per heavy atom. The van der Waals surface area contributed by atoms with Gasteiger partial charge in [-0.25, -0.2) is 0 Å². The smallest absolute Gasteiger partial charge is 0.0366 e. The number of anilines is 1. The Morgan fingerprint density at radius 3 is 2.32 bits per heavy atom. The van der Waals surface area contributed by atoms with Crippen LogP contribution in [0, 0.1) is 5.92 Å². The van der Waals surface area contributed by atoms with E-state index in [0.717, 1.165) is 25.6 Å². The highest BCUT2D eigenvalue weighted by atomic mass is 15.1. The lowest BCUT2D eigenvalue weighted by molar-refractivity contribution is 0.453. The fraction of sp³-hybridized carbons (Fsp3) is 0.647. The van der Waals surface area contributed by atoms with Gasteiger partial charge >= 0.3 is 0 Å². The number of hydrogen-bond acceptors (Lipinski definition) is 2. The first-order valence-electron chi connectivity index (χ1n) is 7.66. The summed E-state index contributed by atoms with van der Waals surface area (Å²) >= 11 is 0. The number of para-hydroxylation sites is 1. The van der Waals surface area contributed by atoms with Gasteiger partial charge in [0, 0.05) is 31.4 Å². The zero-order chi connectivity index (χ0) is 14.1. The summed E-state index contributed by atoms with van der Waals surface area (Å²) in [5.41, 5.74) is 1.32. The van der Waals surface area contributed by atoms with Crippen molar-refractivity contribution in [3.8, 4) is 0 Å². The minimum Gasteiger partial charge on any atom is -0.371 e. The molecule has 0 radical (unpaired) electrons. The highest BCUT2D eigenvalue weighted by Crippen LogP contribution is 2.12. The molecule has 0 aliphatic rings. The maximum atomic E-state index is 3.63. The number of rotatable bonds is 9. The van der Waals surface area contributed by atoms with Crippen LogP contribution in [0.4, 0.5) is 5.69 Å². The molecule has 0 fully saturated rings. The van der Waals surface area contributed by atoms with Crippen molar-refractivity contribution in [2.24, 2.45) is 5.92 Å². The van der Waals surface area contributed by atoms with Crippen molar-refractivity contribution in [1.82, 2.24) is 5.32 Å². The van der Waals surface area contributed by atoms with Crippen molar-refractivity contribution in [2.75, 3.05) is 24.5 Å². The van der Waals surface area contributed by atoms with Crippen LogP contribution in [-0.2, 0) is 0 Å². The van der Waals surface area contributed by atoms with Gasteiger partial charge in [-0.1, -0.05) is 32.0 Å². The summed E-state index contributed by atoms with van der Waals surface area (Å²) in [5, 5.41) is 3.63. The minimum atomic E-state index is 0.622. The van der Waals surface area contributed by atoms with Crippen LogP contribution in [0.15, 0.2) is 30.3 Å². The number of likely N-dealkylation sites (N-methyl/N-ethyl adjacent to an activating group) is 1. The van der Waals surface area contributed by atoms with E-state index in [-0.39, 0.29) is 0 Å². The standard InChI is InChI=1S/C17H30N2/c1-5-19(17-9-7-6-8-10-17)14-13-18-16(4)12-11-15(2)3/h6-10,15-16,18H,5,11-14H2,1-4H3. The molecule has 0 bridgehead atoms. The van der Waals surface area contributed by atoms with E-state index in [1.807, 2.05) is 0 Å². The molecule has 1 aromatic rings. The second-order valence-corrected chi connectivity index (χ2v) is 5.74. The molecule has 2 heteroatoms. The first-order valence-corrected chi connectivity index (χ1v) is 7.66. The molecule has 108 valence electrons. The number of benzene rings is 1. The van der Waals surface area contributed by atoms with Gasteiger partial charge in [-0.05, 0) is 44.7 Å². The molecule has 0 saturated heterocycles. The van der Waals surface area contributed by atoms with Gasteiger partial charge in [-0.2, -0.15) is 0 Å². The quantitative estimate of drug-likeness (QED) is 0.725. The average Bonchev–Trinajstić information content (AvgIpc) is 2.42. The summed E-state index contributed by atoms with van der Waals surface area (Å²) in [6.07, 6.45) is 2.58. The van der Waals surface area contributed by atoms with Crippen molar-refractivity contribution < 1.29 is 0 Å². The predicted octanol–water partition coefficient (Wildman–Crippen LogP) is 3.93. The molecule has 0 amide bonds. The van der Waals surface area contributed by atoms with Crippen LogP contribution in [0.5, 0.6) is 0 Å². The van der Waals surface area contributed by atoms with Gasteiger partial charge in [0.2, 0.25) is 0 Å². The first-order chi connectivity index (χ1) is 9.13. The predicted molar refractivity (Wildman–Crippen MR) is 85.9 cm³/mol. The second kappa shape index (κ2) is 8.98. The van der Waals surface area contributed by atoms with Gasteiger partial charge in [-0.15, -0.1) is 0 Å². The van der Waals surface area contributed by atoms with Crippen molar-refractivity contribution in [1.29, 1.82) is 0 Å². The van der Waals surface area contributed by atoms with E-state index < -0.39 is 0 Å². The number of nitrogens with zero attached hydrogens (tertiary/aromatic N) is 1. The lowest BCUT2D eigenvalue weighted by atomic mass is 10.0. The van der Waals surface area contributed by atoms with Crippen molar-refractivity contribution in [3.63, 3.8) is 0 Å². The van der Waals surface area contributed by atoms with Gasteiger partial charge in [-0.3, -0.25) is 0 Å². The minimum absolute atomic E-state index is 0.622. The molecule has 0 heterocycles. The van der Waals surface area contributed by atoms with Crippen molar-refractivity contribution in [3.05, 3.63) is 30.3 Å². The number of nitrogens with one attached hydrogen (secondary N) is 1. The molecule has 1 unspecified atom stereocenters. The van der Waals surface area contributed by atoms with Crippen LogP contribution in [0.3, 0.4) is 0 Å². The number of hydrogen-bond donors (Lipinski definition) is 1. The molecule has 0 aliphatic heterocycles. The van der Waals surface area contributed by atoms with Crippen molar-refractivity contribution in [2.45, 2.75) is 46.6 Å². The summed E-state index contributed by atoms with van der Waals surface area (Å²) in [6, 6.07) is 11.3. The molecular weight excluding hydrogens is 232 g/mol. The van der Waals surface area contributed by atoms with E-state index in [1.165, 1.54) is 18.5 Å². The molecule has 1 rings (SSSR count). The zero-order valence-corrected chi connectivity index (χ0v) is 13.0. The molecule has 2 nitrogen and oxygen atoms in total. The molecule has 1 aromatic carbocycles. The van der Waals surface area contributed by atoms with Gasteiger partial charge in [0.1, 0.15) is 0 Å². The van der Waals surface area contributed by atoms with Crippen molar-refractivity contribution >= 4 is 5.69 Å². The van der Waals surface area contributed by atoms with E-state index in [1.54, 1.807) is 0 Å². The van der Waals surface area contributed by atoms with Crippen LogP contribution in [0.2, 0.25) is 0 Å². The third kappa shape index (κ3) is 6.63. The molecule has 1 N–H and O–H groups in total. The lowest BCUT2D eigenvalue weighted by Crippen LogP contribution is -2.36. The van der Waals surface area contributed by atoms with E-state index in [2.05, 4.69) is 68.2 Å². The third-order valence-electron chi connectivity index (χ3n) is 3.55. The largest absolute Gasteiger partial charge is 0.371 e. The van der Waals surface area contributed by atoms with Gasteiger partial charge in [0.05, 0.1) is 0 Å². The van der Waals surface area contributed by atoms with Crippen LogP contribution in [0.25, 0.3) is 0 Å². The molecule has 0 aromatic heterocycles. The average molecular weight is 262 g/mol. The van der Waals surface area contributed by atoms with Gasteiger partial charge in [0.15, 0.2) is 0 Å². The Bertz CT molecular complexity index is 321. The van der Waals surface area contributed by atoms with E-state index >= 15 is 0 Å². The molecule has 0 aliphatic carbocycles. The third-order valence-corrected chi connectivity index (χ3v) is 3.55. The maximum Gasteiger partial charge on any atom is 0.0366 e. The second-order valence-electron chi connectivity index (χ2n) is 5.74. The van der Waals surface area contributed by atoms with Gasteiger partial charge in [0.25, 0.3) is 0 Å². The Kier molecular flexibility index (Phi) is 7.57. The summed E-state index contributed by atoms with van der Waals surface area (Å²) in [5.74, 6) is 0.806. The van der Waals surface area contributed by atoms with E-state index in [4.69, 9.17) is 0 Å². The Morgan fingerprint density at radius 2 is 1.74 bits per heavy atom. The van der Waals surface area contributed by atoms with Crippen LogP contribution in [0.1, 0.15) is 40.5 Å². The molecule has 0 saturated carbocycles. The monoisotopic (exact) mass is 262 g/mol. The zero-order valence-electron chi connectivity index (χ0n) is 13.0. The molecule has 19 heavy (non-hydrogen) atoms. The summed E-state index contributed by atoms with van der Waals surface area (Å²) < 4.78 is 0. The summed E-state index contributed by atoms with van der Waals surface area (Å²) in [7, 11) is 0. The molecular formula is C17H30N2. The SMILES string of the molecule is CCN(CCNC(C)CCC(C)C)c1ccccc1. The normalized spacial score (nSPS) is 12.7. The Balaban J connectivity index is 2.27. The topological polar surface area (TPSA) is 15.3 Å². The fourth-order valence-electron chi connectivity index (χ4n) is 2.24. The highest BCUT2D eigenvalue weighted by molar-refractivity contribution is 5.45. The van der Waals surface area contributed by atoms with Gasteiger partial charge < -0.3 is 10.2 Å². The Hall–Kier alpha value is -1.02. The van der Waals surface area contributed by atoms with Crippen LogP contribution < -0.4 is 10.2 Å². The fourth-order valence-corrected chi connectivity index (χ4v) is 2.24. The highest BCUT2D eigenvalue weighted by Gasteiger charge is 2.05. The Labute approximate surface area is 119 Å². The summed E-state index contributed by atoms with van der Waals surface area (Å²) in [6.45, 7) is 12.3. The van der Waals surface area contributed by atoms with Crippen LogP contribution >= 0.6 is 0 Å².